The van der Waals surface area contributed by atoms with Crippen LogP contribution < -0.4 is 16.7 Å². The van der Waals surface area contributed by atoms with Crippen molar-refractivity contribution in [3.8, 4) is 0 Å². The zero-order chi connectivity index (χ0) is 17.5. The number of ether oxygens (including phenoxy) is 1. The molecule has 2 aromatic carbocycles. The Kier molecular flexibility index (Phi) is 3.86. The van der Waals surface area contributed by atoms with Crippen molar-refractivity contribution in [2.45, 2.75) is 11.7 Å². The molecule has 0 aromatic heterocycles. The summed E-state index contributed by atoms with van der Waals surface area (Å²) in [6.45, 7) is -0.0243. The first-order valence-corrected chi connectivity index (χ1v) is 7.04. The Balaban J connectivity index is 2.22. The van der Waals surface area contributed by atoms with Crippen LogP contribution in [0.4, 0.5) is 13.2 Å². The smallest absolute Gasteiger partial charge is 0.415 e. The summed E-state index contributed by atoms with van der Waals surface area (Å²) >= 11 is 0. The number of alkyl halides is 3. The number of hydrogen-bond donors (Lipinski definition) is 1. The zero-order valence-electron chi connectivity index (χ0n) is 12.5. The number of halogens is 3. The molecule has 0 fully saturated rings. The van der Waals surface area contributed by atoms with Gasteiger partial charge in [0.15, 0.2) is 0 Å². The number of aliphatic imine (C=N–C) groups is 1. The lowest BCUT2D eigenvalue weighted by Crippen LogP contribution is -2.30. The normalized spacial score (nSPS) is 20.5. The molecule has 3 nitrogen and oxygen atoms in total. The van der Waals surface area contributed by atoms with E-state index in [2.05, 4.69) is 4.99 Å². The van der Waals surface area contributed by atoms with Crippen molar-refractivity contribution in [1.82, 2.24) is 0 Å². The summed E-state index contributed by atoms with van der Waals surface area (Å²) in [5, 5.41) is 0. The fourth-order valence-electron chi connectivity index (χ4n) is 2.75. The van der Waals surface area contributed by atoms with E-state index >= 15 is 0 Å². The lowest BCUT2D eigenvalue weighted by Gasteiger charge is -2.27. The van der Waals surface area contributed by atoms with Gasteiger partial charge in [-0.05, 0) is 17.2 Å². The number of rotatable bonds is 2. The topological polar surface area (TPSA) is 47.6 Å². The molecule has 0 aliphatic carbocycles. The second-order valence-corrected chi connectivity index (χ2v) is 5.52. The lowest BCUT2D eigenvalue weighted by atomic mass is 9.79. The average molecular weight is 326 g/mol. The molecular weight excluding hydrogens is 315 g/mol. The molecule has 1 unspecified atom stereocenters. The molecular formula is C16H11B2F3N2O. The lowest BCUT2D eigenvalue weighted by molar-refractivity contribution is -0.136. The van der Waals surface area contributed by atoms with Crippen LogP contribution in [-0.2, 0) is 16.5 Å². The quantitative estimate of drug-likeness (QED) is 0.833. The molecule has 2 N–H and O–H groups in total. The number of nitrogens with zero attached hydrogens (tertiary/aromatic N) is 1. The zero-order valence-corrected chi connectivity index (χ0v) is 12.5. The molecule has 1 aliphatic heterocycles. The van der Waals surface area contributed by atoms with Crippen molar-refractivity contribution in [2.75, 3.05) is 6.61 Å². The molecule has 0 bridgehead atoms. The van der Waals surface area contributed by atoms with Gasteiger partial charge in [0, 0.05) is 5.56 Å². The summed E-state index contributed by atoms with van der Waals surface area (Å²) in [4.78, 5) is 4.26. The SMILES string of the molecule is [B]c1cccc(C2(c3ccc([B])c(C(F)(F)F)c3)COC(N)=N2)c1. The fraction of sp³-hybridized carbons (Fsp3) is 0.188. The Morgan fingerprint density at radius 2 is 1.79 bits per heavy atom. The third kappa shape index (κ3) is 2.77. The Morgan fingerprint density at radius 3 is 2.38 bits per heavy atom. The van der Waals surface area contributed by atoms with E-state index in [0.717, 1.165) is 6.07 Å². The van der Waals surface area contributed by atoms with Gasteiger partial charge >= 0.3 is 6.18 Å². The maximum Gasteiger partial charge on any atom is 0.415 e. The Hall–Kier alpha value is -2.37. The summed E-state index contributed by atoms with van der Waals surface area (Å²) in [6, 6.07) is 10.3. The molecule has 0 saturated heterocycles. The number of nitrogens with two attached hydrogens (primary N) is 1. The molecule has 24 heavy (non-hydrogen) atoms. The molecule has 1 heterocycles. The van der Waals surface area contributed by atoms with E-state index in [1.165, 1.54) is 12.1 Å². The maximum atomic E-state index is 13.2. The van der Waals surface area contributed by atoms with Crippen molar-refractivity contribution in [3.05, 3.63) is 59.2 Å². The standard InChI is InChI=1S/C16H11B2F3N2O/c17-11-3-1-2-9(6-11)15(8-24-14(22)23-15)10-4-5-13(18)12(7-10)16(19,20)21/h1-7H,8H2,(H2,22,23). The monoisotopic (exact) mass is 326 g/mol. The van der Waals surface area contributed by atoms with Crippen molar-refractivity contribution in [3.63, 3.8) is 0 Å². The number of amidine groups is 1. The van der Waals surface area contributed by atoms with Crippen molar-refractivity contribution < 1.29 is 17.9 Å². The number of hydrogen-bond acceptors (Lipinski definition) is 3. The molecule has 1 aliphatic rings. The molecule has 2 aromatic rings. The van der Waals surface area contributed by atoms with Gasteiger partial charge in [-0.3, -0.25) is 0 Å². The van der Waals surface area contributed by atoms with Gasteiger partial charge < -0.3 is 10.5 Å². The van der Waals surface area contributed by atoms with E-state index in [4.69, 9.17) is 26.2 Å². The second-order valence-electron chi connectivity index (χ2n) is 5.52. The molecule has 118 valence electrons. The molecule has 0 saturated carbocycles. The van der Waals surface area contributed by atoms with Crippen LogP contribution in [0.1, 0.15) is 16.7 Å². The molecule has 1 atom stereocenters. The highest BCUT2D eigenvalue weighted by atomic mass is 19.4. The van der Waals surface area contributed by atoms with Crippen LogP contribution in [0.15, 0.2) is 47.5 Å². The Bertz CT molecular complexity index is 823. The third-order valence-electron chi connectivity index (χ3n) is 3.93. The molecule has 4 radical (unpaired) electrons. The van der Waals surface area contributed by atoms with Crippen molar-refractivity contribution in [2.24, 2.45) is 10.7 Å². The van der Waals surface area contributed by atoms with Crippen molar-refractivity contribution in [1.29, 1.82) is 0 Å². The van der Waals surface area contributed by atoms with E-state index in [1.54, 1.807) is 24.3 Å². The highest BCUT2D eigenvalue weighted by molar-refractivity contribution is 6.33. The predicted octanol–water partition coefficient (Wildman–Crippen LogP) is 0.881. The first kappa shape index (κ1) is 16.5. The van der Waals surface area contributed by atoms with Crippen LogP contribution in [0.3, 0.4) is 0 Å². The van der Waals surface area contributed by atoms with Gasteiger partial charge in [-0.15, -0.1) is 0 Å². The highest BCUT2D eigenvalue weighted by Gasteiger charge is 2.42. The predicted molar refractivity (Wildman–Crippen MR) is 87.0 cm³/mol. The molecule has 3 rings (SSSR count). The van der Waals surface area contributed by atoms with Crippen LogP contribution in [0.5, 0.6) is 0 Å². The largest absolute Gasteiger partial charge is 0.462 e. The van der Waals surface area contributed by atoms with Gasteiger partial charge in [0.1, 0.15) is 27.8 Å². The van der Waals surface area contributed by atoms with Crippen LogP contribution >= 0.6 is 0 Å². The van der Waals surface area contributed by atoms with Gasteiger partial charge in [-0.1, -0.05) is 47.3 Å². The van der Waals surface area contributed by atoms with Crippen LogP contribution in [-0.4, -0.2) is 28.3 Å². The first-order valence-electron chi connectivity index (χ1n) is 7.04. The van der Waals surface area contributed by atoms with Crippen LogP contribution in [0.25, 0.3) is 0 Å². The number of benzene rings is 2. The van der Waals surface area contributed by atoms with Gasteiger partial charge in [0.05, 0.1) is 0 Å². The highest BCUT2D eigenvalue weighted by Crippen LogP contribution is 2.39. The molecule has 8 heteroatoms. The molecule has 0 amide bonds. The summed E-state index contributed by atoms with van der Waals surface area (Å²) in [6.07, 6.45) is -4.58. The summed E-state index contributed by atoms with van der Waals surface area (Å²) in [5.41, 5.74) is 4.46. The average Bonchev–Trinajstić information content (AvgIpc) is 2.90. The minimum absolute atomic E-state index is 0.0243. The van der Waals surface area contributed by atoms with E-state index in [0.29, 0.717) is 11.0 Å². The van der Waals surface area contributed by atoms with Gasteiger partial charge in [0.2, 0.25) is 0 Å². The second kappa shape index (κ2) is 5.61. The maximum absolute atomic E-state index is 13.2. The third-order valence-corrected chi connectivity index (χ3v) is 3.93. The Morgan fingerprint density at radius 1 is 1.08 bits per heavy atom. The molecule has 0 spiro atoms. The summed E-state index contributed by atoms with van der Waals surface area (Å²) in [5.74, 6) is 0. The minimum Gasteiger partial charge on any atom is -0.462 e. The van der Waals surface area contributed by atoms with Gasteiger partial charge in [0.25, 0.3) is 6.02 Å². The fourth-order valence-corrected chi connectivity index (χ4v) is 2.75. The first-order chi connectivity index (χ1) is 11.2. The van der Waals surface area contributed by atoms with E-state index in [9.17, 15) is 13.2 Å². The summed E-state index contributed by atoms with van der Waals surface area (Å²) in [7, 11) is 11.3. The van der Waals surface area contributed by atoms with Crippen LogP contribution in [0, 0.1) is 0 Å². The van der Waals surface area contributed by atoms with Crippen LogP contribution in [0.2, 0.25) is 0 Å². The van der Waals surface area contributed by atoms with Gasteiger partial charge in [-0.2, -0.15) is 13.2 Å². The van der Waals surface area contributed by atoms with E-state index in [1.807, 2.05) is 0 Å². The Labute approximate surface area is 139 Å². The van der Waals surface area contributed by atoms with Gasteiger partial charge in [-0.25, -0.2) is 4.99 Å². The minimum atomic E-state index is -4.58. The van der Waals surface area contributed by atoms with E-state index in [-0.39, 0.29) is 23.7 Å². The van der Waals surface area contributed by atoms with E-state index < -0.39 is 17.3 Å². The summed E-state index contributed by atoms with van der Waals surface area (Å²) < 4.78 is 44.8. The van der Waals surface area contributed by atoms with Crippen molar-refractivity contribution >= 4 is 32.6 Å².